The highest BCUT2D eigenvalue weighted by atomic mass is 32.2. The van der Waals surface area contributed by atoms with Crippen molar-refractivity contribution in [3.63, 3.8) is 0 Å². The first-order valence-corrected chi connectivity index (χ1v) is 6.34. The molecule has 3 nitrogen and oxygen atoms in total. The molecule has 0 spiro atoms. The first kappa shape index (κ1) is 13.1. The van der Waals surface area contributed by atoms with Crippen LogP contribution in [0.15, 0.2) is 29.2 Å². The normalized spacial score (nSPS) is 12.2. The zero-order valence-corrected chi connectivity index (χ0v) is 10.4. The van der Waals surface area contributed by atoms with E-state index in [1.54, 1.807) is 11.8 Å². The van der Waals surface area contributed by atoms with Crippen LogP contribution in [-0.2, 0) is 9.53 Å². The number of hydrogen-bond acceptors (Lipinski definition) is 4. The largest absolute Gasteiger partial charge is 0.469 e. The average molecular weight is 239 g/mol. The van der Waals surface area contributed by atoms with E-state index in [9.17, 15) is 4.79 Å². The van der Waals surface area contributed by atoms with E-state index >= 15 is 0 Å². The predicted octanol–water partition coefficient (Wildman–Crippen LogP) is 2.01. The van der Waals surface area contributed by atoms with Gasteiger partial charge < -0.3 is 10.5 Å². The van der Waals surface area contributed by atoms with Crippen molar-refractivity contribution < 1.29 is 9.53 Å². The Balaban J connectivity index is 2.74. The molecule has 0 saturated heterocycles. The molecular weight excluding hydrogens is 222 g/mol. The Morgan fingerprint density at radius 1 is 1.44 bits per heavy atom. The van der Waals surface area contributed by atoms with E-state index in [1.807, 2.05) is 30.5 Å². The lowest BCUT2D eigenvalue weighted by Crippen LogP contribution is -2.17. The Morgan fingerprint density at radius 3 is 2.50 bits per heavy atom. The van der Waals surface area contributed by atoms with Crippen molar-refractivity contribution >= 4 is 17.7 Å². The number of benzene rings is 1. The second-order valence-electron chi connectivity index (χ2n) is 3.49. The van der Waals surface area contributed by atoms with Crippen molar-refractivity contribution in [2.75, 3.05) is 19.9 Å². The second kappa shape index (κ2) is 6.55. The Kier molecular flexibility index (Phi) is 5.35. The molecule has 0 aliphatic rings. The summed E-state index contributed by atoms with van der Waals surface area (Å²) in [5, 5.41) is 0. The Morgan fingerprint density at radius 2 is 2.06 bits per heavy atom. The smallest absolute Gasteiger partial charge is 0.306 e. The number of carbonyl (C=O) groups excluding carboxylic acids is 1. The maximum Gasteiger partial charge on any atom is 0.306 e. The summed E-state index contributed by atoms with van der Waals surface area (Å²) in [6.07, 6.45) is 2.37. The van der Waals surface area contributed by atoms with E-state index in [2.05, 4.69) is 4.74 Å². The Bertz CT molecular complexity index is 337. The molecule has 1 atom stereocenters. The van der Waals surface area contributed by atoms with Crippen LogP contribution < -0.4 is 5.73 Å². The van der Waals surface area contributed by atoms with Crippen molar-refractivity contribution in [3.8, 4) is 0 Å². The number of nitrogens with two attached hydrogens (primary N) is 1. The summed E-state index contributed by atoms with van der Waals surface area (Å²) in [6.45, 7) is 0.452. The first-order chi connectivity index (χ1) is 7.71. The van der Waals surface area contributed by atoms with E-state index in [0.717, 1.165) is 5.56 Å². The lowest BCUT2D eigenvalue weighted by molar-refractivity contribution is -0.141. The van der Waals surface area contributed by atoms with Gasteiger partial charge in [-0.1, -0.05) is 12.1 Å². The predicted molar refractivity (Wildman–Crippen MR) is 66.7 cm³/mol. The molecule has 1 aromatic carbocycles. The molecule has 0 bridgehead atoms. The Labute approximate surface area is 100 Å². The van der Waals surface area contributed by atoms with Gasteiger partial charge >= 0.3 is 5.97 Å². The standard InChI is InChI=1S/C12H17NO2S/c1-15-12(14)7-10(8-13)9-3-5-11(16-2)6-4-9/h3-6,10H,7-8,13H2,1-2H3. The van der Waals surface area contributed by atoms with Gasteiger partial charge in [0.15, 0.2) is 0 Å². The van der Waals surface area contributed by atoms with Gasteiger partial charge in [-0.25, -0.2) is 0 Å². The second-order valence-corrected chi connectivity index (χ2v) is 4.37. The van der Waals surface area contributed by atoms with Crippen LogP contribution in [0.5, 0.6) is 0 Å². The minimum absolute atomic E-state index is 0.0448. The van der Waals surface area contributed by atoms with Gasteiger partial charge in [0, 0.05) is 10.8 Å². The fourth-order valence-corrected chi connectivity index (χ4v) is 1.91. The highest BCUT2D eigenvalue weighted by Crippen LogP contribution is 2.22. The third-order valence-electron chi connectivity index (χ3n) is 2.51. The van der Waals surface area contributed by atoms with E-state index in [-0.39, 0.29) is 11.9 Å². The number of carbonyl (C=O) groups is 1. The van der Waals surface area contributed by atoms with Crippen molar-refractivity contribution in [3.05, 3.63) is 29.8 Å². The van der Waals surface area contributed by atoms with Gasteiger partial charge in [0.25, 0.3) is 0 Å². The molecule has 0 aliphatic heterocycles. The van der Waals surface area contributed by atoms with Crippen LogP contribution in [-0.4, -0.2) is 25.9 Å². The molecule has 0 amide bonds. The van der Waals surface area contributed by atoms with Crippen molar-refractivity contribution in [1.82, 2.24) is 0 Å². The van der Waals surface area contributed by atoms with Crippen LogP contribution in [0.3, 0.4) is 0 Å². The molecule has 1 aromatic rings. The summed E-state index contributed by atoms with van der Waals surface area (Å²) in [5.74, 6) is -0.173. The minimum Gasteiger partial charge on any atom is -0.469 e. The molecule has 0 aromatic heterocycles. The lowest BCUT2D eigenvalue weighted by Gasteiger charge is -2.14. The minimum atomic E-state index is -0.218. The van der Waals surface area contributed by atoms with Gasteiger partial charge in [-0.2, -0.15) is 0 Å². The van der Waals surface area contributed by atoms with Gasteiger partial charge in [0.2, 0.25) is 0 Å². The van der Waals surface area contributed by atoms with Gasteiger partial charge in [0.1, 0.15) is 0 Å². The maximum absolute atomic E-state index is 11.2. The number of esters is 1. The maximum atomic E-state index is 11.2. The van der Waals surface area contributed by atoms with E-state index in [4.69, 9.17) is 5.73 Å². The molecule has 4 heteroatoms. The molecule has 1 rings (SSSR count). The number of ether oxygens (including phenoxy) is 1. The van der Waals surface area contributed by atoms with Gasteiger partial charge in [0.05, 0.1) is 13.5 Å². The third-order valence-corrected chi connectivity index (χ3v) is 3.26. The highest BCUT2D eigenvalue weighted by molar-refractivity contribution is 7.98. The van der Waals surface area contributed by atoms with Crippen LogP contribution in [0, 0.1) is 0 Å². The van der Waals surface area contributed by atoms with Crippen molar-refractivity contribution in [2.24, 2.45) is 5.73 Å². The number of hydrogen-bond donors (Lipinski definition) is 1. The van der Waals surface area contributed by atoms with Crippen molar-refractivity contribution in [2.45, 2.75) is 17.2 Å². The zero-order chi connectivity index (χ0) is 12.0. The van der Waals surface area contributed by atoms with Crippen LogP contribution >= 0.6 is 11.8 Å². The summed E-state index contributed by atoms with van der Waals surface area (Å²) < 4.78 is 4.65. The fourth-order valence-electron chi connectivity index (χ4n) is 1.50. The average Bonchev–Trinajstić information content (AvgIpc) is 2.35. The number of thioether (sulfide) groups is 1. The Hall–Kier alpha value is -1.00. The molecule has 0 aliphatic carbocycles. The van der Waals surface area contributed by atoms with E-state index < -0.39 is 0 Å². The van der Waals surface area contributed by atoms with Gasteiger partial charge in [-0.3, -0.25) is 4.79 Å². The topological polar surface area (TPSA) is 52.3 Å². The van der Waals surface area contributed by atoms with E-state index in [0.29, 0.717) is 13.0 Å². The van der Waals surface area contributed by atoms with Crippen LogP contribution in [0.4, 0.5) is 0 Å². The SMILES string of the molecule is COC(=O)CC(CN)c1ccc(SC)cc1. The molecule has 0 fully saturated rings. The molecule has 1 unspecified atom stereocenters. The fraction of sp³-hybridized carbons (Fsp3) is 0.417. The van der Waals surface area contributed by atoms with Crippen LogP contribution in [0.1, 0.15) is 17.9 Å². The van der Waals surface area contributed by atoms with Gasteiger partial charge in [-0.05, 0) is 30.5 Å². The summed E-state index contributed by atoms with van der Waals surface area (Å²) in [7, 11) is 1.40. The van der Waals surface area contributed by atoms with Crippen LogP contribution in [0.25, 0.3) is 0 Å². The van der Waals surface area contributed by atoms with Crippen LogP contribution in [0.2, 0.25) is 0 Å². The molecule has 16 heavy (non-hydrogen) atoms. The molecule has 0 saturated carbocycles. The zero-order valence-electron chi connectivity index (χ0n) is 9.60. The third kappa shape index (κ3) is 3.54. The van der Waals surface area contributed by atoms with Gasteiger partial charge in [-0.15, -0.1) is 11.8 Å². The number of rotatable bonds is 5. The molecule has 0 radical (unpaired) electrons. The summed E-state index contributed by atoms with van der Waals surface area (Å²) in [6, 6.07) is 8.12. The molecular formula is C12H17NO2S. The van der Waals surface area contributed by atoms with Crippen molar-refractivity contribution in [1.29, 1.82) is 0 Å². The van der Waals surface area contributed by atoms with E-state index in [1.165, 1.54) is 12.0 Å². The molecule has 88 valence electrons. The monoisotopic (exact) mass is 239 g/mol. The molecule has 0 heterocycles. The summed E-state index contributed by atoms with van der Waals surface area (Å²) in [4.78, 5) is 12.4. The summed E-state index contributed by atoms with van der Waals surface area (Å²) in [5.41, 5.74) is 6.75. The molecule has 2 N–H and O–H groups in total. The quantitative estimate of drug-likeness (QED) is 0.631. The number of methoxy groups -OCH3 is 1. The first-order valence-electron chi connectivity index (χ1n) is 5.12. The highest BCUT2D eigenvalue weighted by Gasteiger charge is 2.14. The summed E-state index contributed by atoms with van der Waals surface area (Å²) >= 11 is 1.69. The lowest BCUT2D eigenvalue weighted by atomic mass is 9.96.